The highest BCUT2D eigenvalue weighted by molar-refractivity contribution is 7.92. The Hall–Kier alpha value is -1.37. The van der Waals surface area contributed by atoms with Gasteiger partial charge in [0, 0.05) is 5.02 Å². The molecule has 0 aliphatic carbocycles. The number of nitrogens with one attached hydrogen (secondary N) is 1. The molecule has 1 N–H and O–H groups in total. The van der Waals surface area contributed by atoms with Crippen LogP contribution < -0.4 is 4.72 Å². The molecule has 8 heteroatoms. The highest BCUT2D eigenvalue weighted by Gasteiger charge is 2.15. The summed E-state index contributed by atoms with van der Waals surface area (Å²) in [6.07, 6.45) is 0. The Labute approximate surface area is 114 Å². The second-order valence-electron chi connectivity index (χ2n) is 3.30. The molecule has 0 fully saturated rings. The standard InChI is InChI=1S/C10H7Cl2N3O2S/c11-7-2-1-3-8(6-7)18(16,17)15-10-5-4-9(12)13-14-10/h1-6H,(H,14,15). The highest BCUT2D eigenvalue weighted by atomic mass is 35.5. The van der Waals surface area contributed by atoms with Gasteiger partial charge >= 0.3 is 0 Å². The van der Waals surface area contributed by atoms with Crippen molar-refractivity contribution < 1.29 is 8.42 Å². The maximum atomic E-state index is 12.0. The molecule has 2 rings (SSSR count). The van der Waals surface area contributed by atoms with Gasteiger partial charge in [0.2, 0.25) is 0 Å². The lowest BCUT2D eigenvalue weighted by molar-refractivity contribution is 0.601. The molecular weight excluding hydrogens is 297 g/mol. The van der Waals surface area contributed by atoms with Crippen LogP contribution in [-0.4, -0.2) is 18.6 Å². The van der Waals surface area contributed by atoms with Gasteiger partial charge in [-0.15, -0.1) is 10.2 Å². The molecule has 0 unspecified atom stereocenters. The van der Waals surface area contributed by atoms with E-state index in [2.05, 4.69) is 14.9 Å². The first-order chi connectivity index (χ1) is 8.47. The third-order valence-corrected chi connectivity index (χ3v) is 3.77. The summed E-state index contributed by atoms with van der Waals surface area (Å²) in [6.45, 7) is 0. The van der Waals surface area contributed by atoms with Crippen LogP contribution in [0.3, 0.4) is 0 Å². The van der Waals surface area contributed by atoms with Crippen LogP contribution in [-0.2, 0) is 10.0 Å². The van der Waals surface area contributed by atoms with E-state index >= 15 is 0 Å². The molecule has 0 aliphatic heterocycles. The first-order valence-electron chi connectivity index (χ1n) is 4.75. The predicted octanol–water partition coefficient (Wildman–Crippen LogP) is 2.58. The summed E-state index contributed by atoms with van der Waals surface area (Å²) in [5.74, 6) is 0.0828. The van der Waals surface area contributed by atoms with Crippen LogP contribution >= 0.6 is 23.2 Å². The summed E-state index contributed by atoms with van der Waals surface area (Å²) >= 11 is 11.3. The minimum atomic E-state index is -3.73. The second-order valence-corrected chi connectivity index (χ2v) is 5.81. The van der Waals surface area contributed by atoms with Crippen molar-refractivity contribution in [3.8, 4) is 0 Å². The fourth-order valence-corrected chi connectivity index (χ4v) is 2.60. The number of nitrogens with zero attached hydrogens (tertiary/aromatic N) is 2. The van der Waals surface area contributed by atoms with E-state index in [0.29, 0.717) is 5.02 Å². The molecule has 18 heavy (non-hydrogen) atoms. The largest absolute Gasteiger partial charge is 0.263 e. The molecule has 2 aromatic rings. The van der Waals surface area contributed by atoms with Crippen molar-refractivity contribution in [1.29, 1.82) is 0 Å². The van der Waals surface area contributed by atoms with E-state index in [1.54, 1.807) is 12.1 Å². The summed E-state index contributed by atoms with van der Waals surface area (Å²) in [7, 11) is -3.73. The molecule has 0 spiro atoms. The molecule has 1 aromatic carbocycles. The lowest BCUT2D eigenvalue weighted by atomic mass is 10.4. The Bertz CT molecular complexity index is 659. The van der Waals surface area contributed by atoms with E-state index in [9.17, 15) is 8.42 Å². The predicted molar refractivity (Wildman–Crippen MR) is 69.3 cm³/mol. The van der Waals surface area contributed by atoms with Gasteiger partial charge in [-0.05, 0) is 30.3 Å². The maximum absolute atomic E-state index is 12.0. The number of rotatable bonds is 3. The third-order valence-electron chi connectivity index (χ3n) is 1.98. The molecule has 0 bridgehead atoms. The van der Waals surface area contributed by atoms with Crippen molar-refractivity contribution in [2.75, 3.05) is 4.72 Å². The van der Waals surface area contributed by atoms with Crippen LogP contribution in [0.1, 0.15) is 0 Å². The molecule has 1 heterocycles. The van der Waals surface area contributed by atoms with Gasteiger partial charge in [-0.25, -0.2) is 8.42 Å². The van der Waals surface area contributed by atoms with E-state index in [4.69, 9.17) is 23.2 Å². The van der Waals surface area contributed by atoms with Crippen LogP contribution in [0.25, 0.3) is 0 Å². The number of hydrogen-bond acceptors (Lipinski definition) is 4. The summed E-state index contributed by atoms with van der Waals surface area (Å²) < 4.78 is 26.2. The quantitative estimate of drug-likeness (QED) is 0.946. The molecule has 0 saturated heterocycles. The smallest absolute Gasteiger partial charge is 0.262 e. The Kier molecular flexibility index (Phi) is 3.70. The average Bonchev–Trinajstić information content (AvgIpc) is 2.32. The van der Waals surface area contributed by atoms with Crippen molar-refractivity contribution in [2.45, 2.75) is 4.90 Å². The van der Waals surface area contributed by atoms with Crippen LogP contribution in [0.2, 0.25) is 10.2 Å². The Morgan fingerprint density at radius 3 is 2.44 bits per heavy atom. The molecule has 0 radical (unpaired) electrons. The first-order valence-corrected chi connectivity index (χ1v) is 6.99. The van der Waals surface area contributed by atoms with Gasteiger partial charge in [0.1, 0.15) is 0 Å². The maximum Gasteiger partial charge on any atom is 0.263 e. The van der Waals surface area contributed by atoms with Crippen LogP contribution in [0.5, 0.6) is 0 Å². The van der Waals surface area contributed by atoms with Gasteiger partial charge in [-0.2, -0.15) is 0 Å². The molecule has 0 aliphatic rings. The minimum Gasteiger partial charge on any atom is -0.262 e. The van der Waals surface area contributed by atoms with Gasteiger partial charge in [0.15, 0.2) is 11.0 Å². The van der Waals surface area contributed by atoms with Crippen molar-refractivity contribution in [1.82, 2.24) is 10.2 Å². The summed E-state index contributed by atoms with van der Waals surface area (Å²) in [4.78, 5) is 0.0479. The van der Waals surface area contributed by atoms with Crippen LogP contribution in [0.15, 0.2) is 41.3 Å². The van der Waals surface area contributed by atoms with Crippen molar-refractivity contribution in [3.63, 3.8) is 0 Å². The fourth-order valence-electron chi connectivity index (χ4n) is 1.20. The van der Waals surface area contributed by atoms with Crippen LogP contribution in [0.4, 0.5) is 5.82 Å². The summed E-state index contributed by atoms with van der Waals surface area (Å²) in [5.41, 5.74) is 0. The number of sulfonamides is 1. The molecule has 0 saturated carbocycles. The topological polar surface area (TPSA) is 72.0 Å². The lowest BCUT2D eigenvalue weighted by Crippen LogP contribution is -2.14. The SMILES string of the molecule is O=S(=O)(Nc1ccc(Cl)nn1)c1cccc(Cl)c1. The summed E-state index contributed by atoms with van der Waals surface area (Å²) in [5, 5.41) is 7.66. The molecule has 0 atom stereocenters. The monoisotopic (exact) mass is 303 g/mol. The van der Waals surface area contributed by atoms with Crippen molar-refractivity contribution in [2.24, 2.45) is 0 Å². The third kappa shape index (κ3) is 3.10. The van der Waals surface area contributed by atoms with E-state index in [-0.39, 0.29) is 15.9 Å². The molecule has 94 valence electrons. The molecular formula is C10H7Cl2N3O2S. The van der Waals surface area contributed by atoms with Crippen molar-refractivity contribution >= 4 is 39.0 Å². The average molecular weight is 304 g/mol. The van der Waals surface area contributed by atoms with Crippen LogP contribution in [0, 0.1) is 0 Å². The number of benzene rings is 1. The number of halogens is 2. The fraction of sp³-hybridized carbons (Fsp3) is 0. The lowest BCUT2D eigenvalue weighted by Gasteiger charge is -2.06. The Morgan fingerprint density at radius 1 is 1.06 bits per heavy atom. The minimum absolute atomic E-state index is 0.0479. The number of hydrogen-bond donors (Lipinski definition) is 1. The number of aromatic nitrogens is 2. The van der Waals surface area contributed by atoms with E-state index in [1.807, 2.05) is 0 Å². The van der Waals surface area contributed by atoms with Gasteiger partial charge in [-0.1, -0.05) is 29.3 Å². The zero-order valence-electron chi connectivity index (χ0n) is 8.84. The van der Waals surface area contributed by atoms with Gasteiger partial charge in [-0.3, -0.25) is 4.72 Å². The zero-order valence-corrected chi connectivity index (χ0v) is 11.2. The van der Waals surface area contributed by atoms with Gasteiger partial charge in [0.05, 0.1) is 4.90 Å². The van der Waals surface area contributed by atoms with E-state index < -0.39 is 10.0 Å². The van der Waals surface area contributed by atoms with Gasteiger partial charge < -0.3 is 0 Å². The van der Waals surface area contributed by atoms with E-state index in [1.165, 1.54) is 24.3 Å². The second kappa shape index (κ2) is 5.09. The molecule has 1 aromatic heterocycles. The molecule has 5 nitrogen and oxygen atoms in total. The first kappa shape index (κ1) is 13.1. The highest BCUT2D eigenvalue weighted by Crippen LogP contribution is 2.18. The Morgan fingerprint density at radius 2 is 1.83 bits per heavy atom. The van der Waals surface area contributed by atoms with Gasteiger partial charge in [0.25, 0.3) is 10.0 Å². The van der Waals surface area contributed by atoms with E-state index in [0.717, 1.165) is 0 Å². The zero-order chi connectivity index (χ0) is 13.2. The Balaban J connectivity index is 2.30. The number of anilines is 1. The normalized spacial score (nSPS) is 11.2. The molecule has 0 amide bonds. The van der Waals surface area contributed by atoms with Crippen molar-refractivity contribution in [3.05, 3.63) is 46.6 Å². The summed E-state index contributed by atoms with van der Waals surface area (Å²) in [6, 6.07) is 8.75.